The Balaban J connectivity index is 3.13. The fourth-order valence-electron chi connectivity index (χ4n) is 1.60. The molecule has 0 aliphatic rings. The third-order valence-electron chi connectivity index (χ3n) is 2.31. The van der Waals surface area contributed by atoms with Crippen LogP contribution in [0.1, 0.15) is 23.6 Å². The number of methoxy groups -OCH3 is 1. The van der Waals surface area contributed by atoms with Crippen molar-refractivity contribution < 1.29 is 9.84 Å². The molecule has 4 heteroatoms. The monoisotopic (exact) mass is 229 g/mol. The third kappa shape index (κ3) is 2.84. The van der Waals surface area contributed by atoms with E-state index in [0.29, 0.717) is 11.4 Å². The standard InChI is InChI=1S/C11H16ClNO2/c1-7-5-8(12)6-9(11(7)15-2)10(13)3-4-14/h5-6,10,14H,3-4,13H2,1-2H3. The average Bonchev–Trinajstić information content (AvgIpc) is 2.17. The van der Waals surface area contributed by atoms with Crippen LogP contribution < -0.4 is 10.5 Å². The van der Waals surface area contributed by atoms with Gasteiger partial charge in [0.2, 0.25) is 0 Å². The lowest BCUT2D eigenvalue weighted by atomic mass is 10.0. The van der Waals surface area contributed by atoms with Crippen molar-refractivity contribution in [1.82, 2.24) is 0 Å². The number of benzene rings is 1. The Hall–Kier alpha value is -0.770. The molecular weight excluding hydrogens is 214 g/mol. The van der Waals surface area contributed by atoms with E-state index >= 15 is 0 Å². The smallest absolute Gasteiger partial charge is 0.126 e. The number of hydrogen-bond donors (Lipinski definition) is 2. The Bertz CT molecular complexity index is 342. The van der Waals surface area contributed by atoms with Crippen molar-refractivity contribution in [3.63, 3.8) is 0 Å². The van der Waals surface area contributed by atoms with Crippen LogP contribution in [0.25, 0.3) is 0 Å². The largest absolute Gasteiger partial charge is 0.496 e. The summed E-state index contributed by atoms with van der Waals surface area (Å²) in [5.41, 5.74) is 7.72. The number of aliphatic hydroxyl groups is 1. The van der Waals surface area contributed by atoms with Gasteiger partial charge < -0.3 is 15.6 Å². The lowest BCUT2D eigenvalue weighted by Gasteiger charge is -2.17. The van der Waals surface area contributed by atoms with Crippen LogP contribution in [0.3, 0.4) is 0 Å². The molecule has 1 unspecified atom stereocenters. The molecule has 0 saturated heterocycles. The lowest BCUT2D eigenvalue weighted by Crippen LogP contribution is -2.13. The normalized spacial score (nSPS) is 12.6. The molecule has 0 aliphatic carbocycles. The number of ether oxygens (including phenoxy) is 1. The van der Waals surface area contributed by atoms with Crippen molar-refractivity contribution in [2.45, 2.75) is 19.4 Å². The molecule has 0 heterocycles. The van der Waals surface area contributed by atoms with E-state index in [4.69, 9.17) is 27.2 Å². The number of rotatable bonds is 4. The zero-order valence-electron chi connectivity index (χ0n) is 8.96. The minimum absolute atomic E-state index is 0.0515. The predicted molar refractivity (Wildman–Crippen MR) is 61.4 cm³/mol. The van der Waals surface area contributed by atoms with Gasteiger partial charge in [-0.3, -0.25) is 0 Å². The van der Waals surface area contributed by atoms with Crippen molar-refractivity contribution in [3.05, 3.63) is 28.3 Å². The van der Waals surface area contributed by atoms with Crippen LogP contribution in [0.4, 0.5) is 0 Å². The van der Waals surface area contributed by atoms with Crippen LogP contribution in [0.2, 0.25) is 5.02 Å². The molecule has 0 radical (unpaired) electrons. The Morgan fingerprint density at radius 3 is 2.73 bits per heavy atom. The molecule has 1 rings (SSSR count). The Morgan fingerprint density at radius 2 is 2.20 bits per heavy atom. The summed E-state index contributed by atoms with van der Waals surface area (Å²) >= 11 is 5.95. The first kappa shape index (κ1) is 12.3. The molecule has 3 N–H and O–H groups in total. The number of aryl methyl sites for hydroxylation is 1. The summed E-state index contributed by atoms with van der Waals surface area (Å²) in [4.78, 5) is 0. The topological polar surface area (TPSA) is 55.5 Å². The molecule has 1 aromatic carbocycles. The van der Waals surface area contributed by atoms with E-state index in [2.05, 4.69) is 0 Å². The zero-order valence-corrected chi connectivity index (χ0v) is 9.71. The number of hydrogen-bond acceptors (Lipinski definition) is 3. The maximum atomic E-state index is 8.85. The number of halogens is 1. The van der Waals surface area contributed by atoms with Crippen LogP contribution in [0, 0.1) is 6.92 Å². The van der Waals surface area contributed by atoms with Gasteiger partial charge in [-0.05, 0) is 31.0 Å². The van der Waals surface area contributed by atoms with Crippen molar-refractivity contribution in [2.24, 2.45) is 5.73 Å². The first-order valence-electron chi connectivity index (χ1n) is 4.80. The molecule has 1 aromatic rings. The first-order valence-corrected chi connectivity index (χ1v) is 5.18. The van der Waals surface area contributed by atoms with E-state index in [-0.39, 0.29) is 12.6 Å². The van der Waals surface area contributed by atoms with Crippen LogP contribution in [0.15, 0.2) is 12.1 Å². The van der Waals surface area contributed by atoms with E-state index in [0.717, 1.165) is 16.9 Å². The molecule has 0 bridgehead atoms. The van der Waals surface area contributed by atoms with Gasteiger partial charge in [0.25, 0.3) is 0 Å². The van der Waals surface area contributed by atoms with E-state index in [9.17, 15) is 0 Å². The summed E-state index contributed by atoms with van der Waals surface area (Å²) in [7, 11) is 1.60. The van der Waals surface area contributed by atoms with Gasteiger partial charge in [-0.1, -0.05) is 11.6 Å². The van der Waals surface area contributed by atoms with Gasteiger partial charge in [-0.15, -0.1) is 0 Å². The molecule has 3 nitrogen and oxygen atoms in total. The minimum Gasteiger partial charge on any atom is -0.496 e. The quantitative estimate of drug-likeness (QED) is 0.831. The molecule has 0 aromatic heterocycles. The summed E-state index contributed by atoms with van der Waals surface area (Å²) < 4.78 is 5.28. The average molecular weight is 230 g/mol. The highest BCUT2D eigenvalue weighted by Gasteiger charge is 2.14. The van der Waals surface area contributed by atoms with Crippen molar-refractivity contribution in [1.29, 1.82) is 0 Å². The molecule has 0 aliphatic heterocycles. The fourth-order valence-corrected chi connectivity index (χ4v) is 1.89. The zero-order chi connectivity index (χ0) is 11.4. The third-order valence-corrected chi connectivity index (χ3v) is 2.53. The van der Waals surface area contributed by atoms with Gasteiger partial charge >= 0.3 is 0 Å². The number of aliphatic hydroxyl groups excluding tert-OH is 1. The lowest BCUT2D eigenvalue weighted by molar-refractivity contribution is 0.275. The summed E-state index contributed by atoms with van der Waals surface area (Å²) in [5.74, 6) is 0.750. The van der Waals surface area contributed by atoms with Crippen LogP contribution in [0.5, 0.6) is 5.75 Å². The minimum atomic E-state index is -0.248. The predicted octanol–water partition coefficient (Wildman–Crippen LogP) is 2.04. The molecular formula is C11H16ClNO2. The van der Waals surface area contributed by atoms with Gasteiger partial charge in [0.1, 0.15) is 5.75 Å². The second-order valence-corrected chi connectivity index (χ2v) is 3.90. The Labute approximate surface area is 94.8 Å². The highest BCUT2D eigenvalue weighted by Crippen LogP contribution is 2.32. The van der Waals surface area contributed by atoms with Gasteiger partial charge in [-0.25, -0.2) is 0 Å². The molecule has 0 spiro atoms. The Morgan fingerprint density at radius 1 is 1.53 bits per heavy atom. The van der Waals surface area contributed by atoms with Crippen LogP contribution >= 0.6 is 11.6 Å². The van der Waals surface area contributed by atoms with E-state index in [1.54, 1.807) is 13.2 Å². The van der Waals surface area contributed by atoms with Crippen LogP contribution in [-0.4, -0.2) is 18.8 Å². The van der Waals surface area contributed by atoms with Crippen molar-refractivity contribution in [2.75, 3.05) is 13.7 Å². The summed E-state index contributed by atoms with van der Waals surface area (Å²) in [6.07, 6.45) is 0.496. The number of nitrogens with two attached hydrogens (primary N) is 1. The summed E-state index contributed by atoms with van der Waals surface area (Å²) in [5, 5.41) is 9.48. The molecule has 0 amide bonds. The van der Waals surface area contributed by atoms with Gasteiger partial charge in [0, 0.05) is 23.2 Å². The molecule has 15 heavy (non-hydrogen) atoms. The Kier molecular flexibility index (Phi) is 4.39. The van der Waals surface area contributed by atoms with Gasteiger partial charge in [0.05, 0.1) is 7.11 Å². The molecule has 1 atom stereocenters. The maximum absolute atomic E-state index is 8.85. The molecule has 84 valence electrons. The SMILES string of the molecule is COc1c(C)cc(Cl)cc1C(N)CCO. The second kappa shape index (κ2) is 5.35. The second-order valence-electron chi connectivity index (χ2n) is 3.46. The highest BCUT2D eigenvalue weighted by molar-refractivity contribution is 6.30. The maximum Gasteiger partial charge on any atom is 0.126 e. The molecule has 0 fully saturated rings. The van der Waals surface area contributed by atoms with Crippen molar-refractivity contribution in [3.8, 4) is 5.75 Å². The summed E-state index contributed by atoms with van der Waals surface area (Å²) in [6, 6.07) is 3.37. The van der Waals surface area contributed by atoms with Crippen molar-refractivity contribution >= 4 is 11.6 Å². The van der Waals surface area contributed by atoms with E-state index in [1.165, 1.54) is 0 Å². The van der Waals surface area contributed by atoms with Gasteiger partial charge in [0.15, 0.2) is 0 Å². The van der Waals surface area contributed by atoms with E-state index < -0.39 is 0 Å². The highest BCUT2D eigenvalue weighted by atomic mass is 35.5. The summed E-state index contributed by atoms with van der Waals surface area (Å²) in [6.45, 7) is 1.97. The van der Waals surface area contributed by atoms with Crippen LogP contribution in [-0.2, 0) is 0 Å². The van der Waals surface area contributed by atoms with Gasteiger partial charge in [-0.2, -0.15) is 0 Å². The fraction of sp³-hybridized carbons (Fsp3) is 0.455. The first-order chi connectivity index (χ1) is 7.10. The molecule has 0 saturated carbocycles. The van der Waals surface area contributed by atoms with E-state index in [1.807, 2.05) is 13.0 Å².